The molecule has 7 aromatic carbocycles. The van der Waals surface area contributed by atoms with Crippen molar-refractivity contribution >= 4 is 11.0 Å². The van der Waals surface area contributed by atoms with Crippen molar-refractivity contribution in [2.24, 2.45) is 0 Å². The van der Waals surface area contributed by atoms with Gasteiger partial charge in [0.25, 0.3) is 0 Å². The van der Waals surface area contributed by atoms with Crippen LogP contribution in [0, 0.1) is 20.7 Å². The second-order valence-corrected chi connectivity index (χ2v) is 18.4. The van der Waals surface area contributed by atoms with E-state index in [9.17, 15) is 5.11 Å². The lowest BCUT2D eigenvalue weighted by atomic mass is 9.79. The number of benzene rings is 7. The third-order valence-electron chi connectivity index (χ3n) is 12.2. The number of para-hydroxylation sites is 1. The molecule has 1 N–H and O–H groups in total. The summed E-state index contributed by atoms with van der Waals surface area (Å²) in [6.07, 6.45) is 1.69. The Labute approximate surface area is 427 Å². The zero-order valence-corrected chi connectivity index (χ0v) is 37.8. The van der Waals surface area contributed by atoms with Crippen LogP contribution in [0.5, 0.6) is 5.75 Å². The first-order valence-electron chi connectivity index (χ1n) is 32.4. The maximum Gasteiger partial charge on any atom is 0.149 e. The molecule has 0 aliphatic rings. The highest BCUT2D eigenvalue weighted by Crippen LogP contribution is 2.45. The van der Waals surface area contributed by atoms with Gasteiger partial charge in [0, 0.05) is 51.7 Å². The Morgan fingerprint density at radius 2 is 1.16 bits per heavy atom. The number of aryl methyl sites for hydroxylation is 3. The highest BCUT2D eigenvalue weighted by molar-refractivity contribution is 5.98. The van der Waals surface area contributed by atoms with Crippen LogP contribution in [-0.2, 0) is 16.2 Å². The monoisotopic (exact) mass is 899 g/mol. The topological polar surface area (TPSA) is 50.9 Å². The van der Waals surface area contributed by atoms with Crippen molar-refractivity contribution in [2.45, 2.75) is 98.8 Å². The number of pyridine rings is 1. The number of phenolic OH excluding ortho intramolecular Hbond substituents is 1. The number of hydrogen-bond acceptors (Lipinski definition) is 3. The van der Waals surface area contributed by atoms with E-state index >= 15 is 0 Å². The Kier molecular flexibility index (Phi) is 6.68. The molecule has 4 heteroatoms. The first-order valence-corrected chi connectivity index (χ1v) is 21.9. The van der Waals surface area contributed by atoms with Gasteiger partial charge in [-0.2, -0.15) is 0 Å². The van der Waals surface area contributed by atoms with E-state index in [1.54, 1.807) is 24.4 Å². The number of phenols is 1. The molecule has 0 radical (unpaired) electrons. The molecule has 0 bridgehead atoms. The molecule has 2 aromatic heterocycles. The third-order valence-corrected chi connectivity index (χ3v) is 12.2. The maximum atomic E-state index is 13.1. The van der Waals surface area contributed by atoms with Gasteiger partial charge < -0.3 is 5.11 Å². The van der Waals surface area contributed by atoms with Crippen molar-refractivity contribution < 1.29 is 33.9 Å². The highest BCUT2D eigenvalue weighted by Gasteiger charge is 2.29. The zero-order chi connectivity index (χ0) is 65.1. The molecular weight excluding hydrogens is 815 g/mol. The zero-order valence-electron chi connectivity index (χ0n) is 58.8. The first kappa shape index (κ1) is 26.3. The Morgan fingerprint density at radius 3 is 1.87 bits per heavy atom. The minimum atomic E-state index is -4.24. The smallest absolute Gasteiger partial charge is 0.149 e. The van der Waals surface area contributed by atoms with E-state index in [2.05, 4.69) is 18.2 Å². The molecule has 2 heterocycles. The molecule has 67 heavy (non-hydrogen) atoms. The minimum Gasteiger partial charge on any atom is -0.507 e. The second-order valence-electron chi connectivity index (χ2n) is 18.4. The number of imidazole rings is 1. The van der Waals surface area contributed by atoms with Crippen LogP contribution in [-0.4, -0.2) is 19.6 Å². The molecular formula is C63H63N3O. The summed E-state index contributed by atoms with van der Waals surface area (Å²) in [7, 11) is 0. The van der Waals surface area contributed by atoms with E-state index in [0.717, 1.165) is 33.4 Å². The van der Waals surface area contributed by atoms with Gasteiger partial charge in [-0.1, -0.05) is 170 Å². The Hall–Kier alpha value is -7.04. The fraction of sp³-hybridized carbons (Fsp3) is 0.238. The van der Waals surface area contributed by atoms with Gasteiger partial charge in [-0.05, 0) is 147 Å². The lowest BCUT2D eigenvalue weighted by Crippen LogP contribution is -2.17. The van der Waals surface area contributed by atoms with Gasteiger partial charge in [0.1, 0.15) is 11.6 Å². The average Bonchev–Trinajstić information content (AvgIpc) is 0.820. The molecule has 9 aromatic rings. The summed E-state index contributed by atoms with van der Waals surface area (Å²) in [6, 6.07) is 42.5. The summed E-state index contributed by atoms with van der Waals surface area (Å²) in [5, 5.41) is 13.1. The van der Waals surface area contributed by atoms with Gasteiger partial charge >= 0.3 is 0 Å². The van der Waals surface area contributed by atoms with Crippen molar-refractivity contribution in [3.05, 3.63) is 191 Å². The summed E-state index contributed by atoms with van der Waals surface area (Å²) in [6.45, 7) is -17.9. The normalized spacial score (nSPS) is 18.2. The molecule has 336 valence electrons. The summed E-state index contributed by atoms with van der Waals surface area (Å²) in [5.74, 6) is -2.14. The number of nitrogens with zero attached hydrogens (tertiary/aromatic N) is 3. The van der Waals surface area contributed by atoms with Crippen molar-refractivity contribution in [1.82, 2.24) is 14.5 Å². The van der Waals surface area contributed by atoms with Crippen molar-refractivity contribution in [2.75, 3.05) is 0 Å². The van der Waals surface area contributed by atoms with Crippen molar-refractivity contribution in [3.8, 4) is 78.6 Å². The maximum absolute atomic E-state index is 13.1. The lowest BCUT2D eigenvalue weighted by Gasteiger charge is -2.27. The van der Waals surface area contributed by atoms with Gasteiger partial charge in [-0.15, -0.1) is 0 Å². The van der Waals surface area contributed by atoms with E-state index < -0.39 is 87.1 Å². The second kappa shape index (κ2) is 17.0. The highest BCUT2D eigenvalue weighted by atomic mass is 16.3. The van der Waals surface area contributed by atoms with Gasteiger partial charge in [-0.25, -0.2) is 4.98 Å². The fourth-order valence-electron chi connectivity index (χ4n) is 8.77. The van der Waals surface area contributed by atoms with Crippen molar-refractivity contribution in [1.29, 1.82) is 0 Å². The Balaban J connectivity index is 1.48. The van der Waals surface area contributed by atoms with Crippen LogP contribution < -0.4 is 0 Å². The summed E-state index contributed by atoms with van der Waals surface area (Å²) in [4.78, 5) is 9.90. The average molecular weight is 899 g/mol. The predicted molar refractivity (Wildman–Crippen MR) is 283 cm³/mol. The Bertz CT molecular complexity index is 4030. The first-order chi connectivity index (χ1) is 40.4. The number of aromatic hydroxyl groups is 1. The fourth-order valence-corrected chi connectivity index (χ4v) is 8.77. The largest absolute Gasteiger partial charge is 0.507 e. The molecule has 0 spiro atoms. The standard InChI is InChI=1S/C63H63N3O/c1-39-29-40(2)31-46(30-39)45-27-28-64-55(36-45)49-34-47(42-17-14-13-15-18-42)33-48(35-49)52-19-16-20-57-58(52)65-60(53-37-51(62(7,8)9)38-54(59(53)67)63(10,11)12)66(57)56-26-23-44(32-41(56)3)43-21-24-50(25-22-43)61(4,5)6/h13-38,67H,1-12H3/i3D3,7D3,8D3,9D3,10D3,11D3,12D3. The third kappa shape index (κ3) is 8.98. The van der Waals surface area contributed by atoms with Crippen molar-refractivity contribution in [3.63, 3.8) is 0 Å². The predicted octanol–water partition coefficient (Wildman–Crippen LogP) is 16.9. The van der Waals surface area contributed by atoms with Crippen LogP contribution in [0.3, 0.4) is 0 Å². The summed E-state index contributed by atoms with van der Waals surface area (Å²) in [5.41, 5.74) is -3.62. The Morgan fingerprint density at radius 1 is 0.507 bits per heavy atom. The molecule has 0 fully saturated rings. The lowest BCUT2D eigenvalue weighted by molar-refractivity contribution is 0.446. The molecule has 9 rings (SSSR count). The van der Waals surface area contributed by atoms with Gasteiger partial charge in [0.05, 0.1) is 28.0 Å². The quantitative estimate of drug-likeness (QED) is 0.173. The summed E-state index contributed by atoms with van der Waals surface area (Å²) >= 11 is 0. The molecule has 0 aliphatic heterocycles. The van der Waals surface area contributed by atoms with Crippen LogP contribution in [0.4, 0.5) is 0 Å². The van der Waals surface area contributed by atoms with E-state index in [1.165, 1.54) is 22.8 Å². The summed E-state index contributed by atoms with van der Waals surface area (Å²) < 4.78 is 187. The van der Waals surface area contributed by atoms with E-state index in [0.29, 0.717) is 45.1 Å². The number of hydrogen-bond donors (Lipinski definition) is 1. The van der Waals surface area contributed by atoms with Crippen LogP contribution in [0.2, 0.25) is 0 Å². The molecule has 0 unspecified atom stereocenters. The minimum absolute atomic E-state index is 0.00208. The molecule has 0 saturated carbocycles. The van der Waals surface area contributed by atoms with Crippen LogP contribution in [0.25, 0.3) is 83.9 Å². The van der Waals surface area contributed by atoms with E-state index in [-0.39, 0.29) is 33.8 Å². The number of rotatable bonds is 7. The van der Waals surface area contributed by atoms with Gasteiger partial charge in [-0.3, -0.25) is 9.55 Å². The van der Waals surface area contributed by atoms with Crippen LogP contribution in [0.1, 0.15) is 124 Å². The molecule has 4 nitrogen and oxygen atoms in total. The van der Waals surface area contributed by atoms with Crippen LogP contribution in [0.15, 0.2) is 158 Å². The van der Waals surface area contributed by atoms with Crippen LogP contribution >= 0.6 is 0 Å². The molecule has 0 aliphatic carbocycles. The number of aromatic nitrogens is 3. The van der Waals surface area contributed by atoms with E-state index in [1.807, 2.05) is 120 Å². The number of fused-ring (bicyclic) bond motifs is 1. The SMILES string of the molecule is [2H]C([2H])([2H])c1cc(-c2ccc(C(C)(C)C)cc2)ccc1-n1c(-c2cc(C(C([2H])([2H])[2H])(C([2H])([2H])[2H])C([2H])([2H])[2H])cc(C(C([2H])([2H])[2H])(C([2H])([2H])[2H])C([2H])([2H])[2H])c2O)nc2c(-c3cc(-c4ccccc4)cc(-c4cc(-c5cc(C)cc(C)c5)ccn4)c3)cccc21. The van der Waals surface area contributed by atoms with E-state index in [4.69, 9.17) is 38.8 Å². The molecule has 0 amide bonds. The molecule has 0 atom stereocenters. The van der Waals surface area contributed by atoms with Gasteiger partial charge in [0.2, 0.25) is 0 Å². The van der Waals surface area contributed by atoms with Gasteiger partial charge in [0.15, 0.2) is 0 Å². The molecule has 0 saturated heterocycles.